The molecule has 0 amide bonds. The highest BCUT2D eigenvalue weighted by Crippen LogP contribution is 2.46. The molecule has 0 spiro atoms. The van der Waals surface area contributed by atoms with Gasteiger partial charge in [-0.05, 0) is 149 Å². The van der Waals surface area contributed by atoms with Gasteiger partial charge in [0.05, 0.1) is 22.1 Å². The van der Waals surface area contributed by atoms with E-state index < -0.39 is 0 Å². The summed E-state index contributed by atoms with van der Waals surface area (Å²) in [5.74, 6) is 0. The second-order valence-electron chi connectivity index (χ2n) is 20.0. The molecule has 2 heterocycles. The summed E-state index contributed by atoms with van der Waals surface area (Å²) in [5, 5.41) is 10.0. The molecule has 0 aliphatic heterocycles. The van der Waals surface area contributed by atoms with E-state index in [2.05, 4.69) is 300 Å². The van der Waals surface area contributed by atoms with Crippen molar-refractivity contribution in [3.05, 3.63) is 291 Å². The molecule has 76 heavy (non-hydrogen) atoms. The largest absolute Gasteiger partial charge is 0.309 e. The molecule has 0 unspecified atom stereocenters. The van der Waals surface area contributed by atoms with Crippen LogP contribution in [0.25, 0.3) is 143 Å². The van der Waals surface area contributed by atoms with Crippen molar-refractivity contribution in [3.63, 3.8) is 0 Å². The second kappa shape index (κ2) is 17.9. The standard InChI is InChI=1S/C74H48N2/c1-3-15-55(16-4-1)73-65-45-39-58(54-33-29-50(30-34-54)52-37-43-60(44-38-52)76-71-25-13-9-21-63(71)64-22-10-14-26-72(64)76)48-68(65)74(56-17-5-2-6-18-56)66-46-40-57(47-67(66)73)53-31-27-49(28-32-53)51-35-41-59(42-36-51)75-69-23-11-7-19-61(69)62-20-8-12-24-70(62)75/h1-48H. The number of nitrogens with zero attached hydrogens (tertiary/aromatic N) is 2. The lowest BCUT2D eigenvalue weighted by molar-refractivity contribution is 1.18. The van der Waals surface area contributed by atoms with Crippen molar-refractivity contribution in [2.45, 2.75) is 0 Å². The van der Waals surface area contributed by atoms with E-state index in [1.165, 1.54) is 132 Å². The summed E-state index contributed by atoms with van der Waals surface area (Å²) >= 11 is 0. The summed E-state index contributed by atoms with van der Waals surface area (Å²) in [6, 6.07) is 107. The molecule has 0 aliphatic rings. The van der Waals surface area contributed by atoms with E-state index in [-0.39, 0.29) is 0 Å². The van der Waals surface area contributed by atoms with Gasteiger partial charge in [-0.3, -0.25) is 0 Å². The van der Waals surface area contributed by atoms with Gasteiger partial charge in [-0.1, -0.05) is 231 Å². The Labute approximate surface area is 441 Å². The first-order chi connectivity index (χ1) is 37.7. The molecule has 0 saturated heterocycles. The van der Waals surface area contributed by atoms with Crippen molar-refractivity contribution in [1.82, 2.24) is 9.13 Å². The topological polar surface area (TPSA) is 9.86 Å². The van der Waals surface area contributed by atoms with Crippen molar-refractivity contribution < 1.29 is 0 Å². The predicted molar refractivity (Wildman–Crippen MR) is 323 cm³/mol. The van der Waals surface area contributed by atoms with Crippen LogP contribution in [0.5, 0.6) is 0 Å². The Morgan fingerprint density at radius 1 is 0.158 bits per heavy atom. The molecule has 0 saturated carbocycles. The van der Waals surface area contributed by atoms with Gasteiger partial charge in [0.1, 0.15) is 0 Å². The van der Waals surface area contributed by atoms with Crippen molar-refractivity contribution in [3.8, 4) is 78.1 Å². The number of hydrogen-bond acceptors (Lipinski definition) is 0. The third-order valence-electron chi connectivity index (χ3n) is 15.8. The number of para-hydroxylation sites is 4. The highest BCUT2D eigenvalue weighted by Gasteiger charge is 2.20. The third-order valence-corrected chi connectivity index (χ3v) is 15.8. The molecule has 354 valence electrons. The van der Waals surface area contributed by atoms with E-state index in [1.54, 1.807) is 0 Å². The SMILES string of the molecule is c1ccc(-c2c3ccc(-c4ccc(-c5ccc(-n6c7ccccc7c7ccccc76)cc5)cc4)cc3c(-c3ccccc3)c3ccc(-c4ccc(-c5ccc(-n6c7ccccc7c7ccccc76)cc5)cc4)cc23)cc1. The third kappa shape index (κ3) is 7.18. The van der Waals surface area contributed by atoms with Crippen molar-refractivity contribution >= 4 is 65.2 Å². The Morgan fingerprint density at radius 2 is 0.408 bits per heavy atom. The molecule has 2 nitrogen and oxygen atoms in total. The van der Waals surface area contributed by atoms with Gasteiger partial charge in [0.2, 0.25) is 0 Å². The van der Waals surface area contributed by atoms with Crippen LogP contribution in [0.4, 0.5) is 0 Å². The minimum Gasteiger partial charge on any atom is -0.309 e. The Morgan fingerprint density at radius 3 is 0.724 bits per heavy atom. The van der Waals surface area contributed by atoms with E-state index in [9.17, 15) is 0 Å². The Hall–Kier alpha value is -10.0. The summed E-state index contributed by atoms with van der Waals surface area (Å²) in [6.07, 6.45) is 0. The fourth-order valence-electron chi connectivity index (χ4n) is 12.1. The highest BCUT2D eigenvalue weighted by atomic mass is 15.0. The maximum absolute atomic E-state index is 2.42. The number of aromatic nitrogens is 2. The van der Waals surface area contributed by atoms with Crippen LogP contribution < -0.4 is 0 Å². The maximum atomic E-state index is 2.42. The molecule has 0 atom stereocenters. The molecule has 15 aromatic rings. The zero-order valence-electron chi connectivity index (χ0n) is 41.6. The first-order valence-electron chi connectivity index (χ1n) is 26.2. The molecule has 0 N–H and O–H groups in total. The van der Waals surface area contributed by atoms with Crippen LogP contribution in [0.2, 0.25) is 0 Å². The number of hydrogen-bond donors (Lipinski definition) is 0. The maximum Gasteiger partial charge on any atom is 0.0541 e. The predicted octanol–water partition coefficient (Wildman–Crippen LogP) is 20.2. The van der Waals surface area contributed by atoms with Crippen molar-refractivity contribution in [1.29, 1.82) is 0 Å². The van der Waals surface area contributed by atoms with Crippen LogP contribution >= 0.6 is 0 Å². The summed E-state index contributed by atoms with van der Waals surface area (Å²) in [5.41, 5.74) is 21.6. The zero-order chi connectivity index (χ0) is 50.1. The molecule has 0 fully saturated rings. The van der Waals surface area contributed by atoms with Crippen molar-refractivity contribution in [2.75, 3.05) is 0 Å². The molecule has 2 aromatic heterocycles. The van der Waals surface area contributed by atoms with Gasteiger partial charge >= 0.3 is 0 Å². The molecular formula is C74H48N2. The molecular weight excluding hydrogens is 917 g/mol. The van der Waals surface area contributed by atoms with E-state index in [1.807, 2.05) is 0 Å². The Kier molecular flexibility index (Phi) is 10.2. The fraction of sp³-hybridized carbons (Fsp3) is 0. The summed E-state index contributed by atoms with van der Waals surface area (Å²) in [6.45, 7) is 0. The van der Waals surface area contributed by atoms with Crippen LogP contribution in [0.1, 0.15) is 0 Å². The van der Waals surface area contributed by atoms with Crippen LogP contribution in [0.15, 0.2) is 291 Å². The smallest absolute Gasteiger partial charge is 0.0541 e. The molecule has 0 bridgehead atoms. The van der Waals surface area contributed by atoms with E-state index >= 15 is 0 Å². The van der Waals surface area contributed by atoms with Gasteiger partial charge in [0.15, 0.2) is 0 Å². The molecule has 2 heteroatoms. The Bertz CT molecular complexity index is 4270. The Balaban J connectivity index is 0.785. The highest BCUT2D eigenvalue weighted by molar-refractivity contribution is 6.22. The minimum absolute atomic E-state index is 1.16. The van der Waals surface area contributed by atoms with Crippen LogP contribution in [-0.2, 0) is 0 Å². The molecule has 13 aromatic carbocycles. The van der Waals surface area contributed by atoms with Gasteiger partial charge in [0, 0.05) is 32.9 Å². The zero-order valence-corrected chi connectivity index (χ0v) is 41.6. The van der Waals surface area contributed by atoms with Gasteiger partial charge in [-0.15, -0.1) is 0 Å². The first kappa shape index (κ1) is 43.6. The summed E-state index contributed by atoms with van der Waals surface area (Å²) in [4.78, 5) is 0. The fourth-order valence-corrected chi connectivity index (χ4v) is 12.1. The van der Waals surface area contributed by atoms with Gasteiger partial charge in [-0.25, -0.2) is 0 Å². The first-order valence-corrected chi connectivity index (χ1v) is 26.2. The molecule has 15 rings (SSSR count). The number of fused-ring (bicyclic) bond motifs is 8. The molecule has 0 aliphatic carbocycles. The van der Waals surface area contributed by atoms with Crippen molar-refractivity contribution in [2.24, 2.45) is 0 Å². The average Bonchev–Trinajstić information content (AvgIpc) is 4.04. The lowest BCUT2D eigenvalue weighted by atomic mass is 9.84. The van der Waals surface area contributed by atoms with E-state index in [4.69, 9.17) is 0 Å². The average molecular weight is 965 g/mol. The summed E-state index contributed by atoms with van der Waals surface area (Å²) < 4.78 is 4.75. The van der Waals surface area contributed by atoms with Crippen LogP contribution in [0.3, 0.4) is 0 Å². The second-order valence-corrected chi connectivity index (χ2v) is 20.0. The van der Waals surface area contributed by atoms with Gasteiger partial charge in [-0.2, -0.15) is 0 Å². The van der Waals surface area contributed by atoms with Gasteiger partial charge < -0.3 is 9.13 Å². The summed E-state index contributed by atoms with van der Waals surface area (Å²) in [7, 11) is 0. The number of benzene rings is 13. The minimum atomic E-state index is 1.16. The molecule has 0 radical (unpaired) electrons. The van der Waals surface area contributed by atoms with E-state index in [0.717, 1.165) is 11.4 Å². The normalized spacial score (nSPS) is 11.7. The van der Waals surface area contributed by atoms with Gasteiger partial charge in [0.25, 0.3) is 0 Å². The van der Waals surface area contributed by atoms with Crippen LogP contribution in [-0.4, -0.2) is 9.13 Å². The van der Waals surface area contributed by atoms with E-state index in [0.29, 0.717) is 0 Å². The quantitative estimate of drug-likeness (QED) is 0.134. The lowest BCUT2D eigenvalue weighted by Gasteiger charge is -2.20. The van der Waals surface area contributed by atoms with Crippen LogP contribution in [0, 0.1) is 0 Å². The number of rotatable bonds is 8. The monoisotopic (exact) mass is 964 g/mol. The lowest BCUT2D eigenvalue weighted by Crippen LogP contribution is -1.93.